The summed E-state index contributed by atoms with van der Waals surface area (Å²) in [4.78, 5) is 39.6. The Morgan fingerprint density at radius 2 is 1.90 bits per heavy atom. The van der Waals surface area contributed by atoms with E-state index < -0.39 is 5.54 Å². The number of piperidine rings is 1. The number of carbonyl (C=O) groups excluding carboxylic acids is 3. The number of fused-ring (bicyclic) bond motifs is 1. The average Bonchev–Trinajstić information content (AvgIpc) is 2.79. The summed E-state index contributed by atoms with van der Waals surface area (Å²) < 4.78 is 0. The van der Waals surface area contributed by atoms with E-state index in [-0.39, 0.29) is 24.1 Å². The molecule has 1 fully saturated rings. The minimum Gasteiger partial charge on any atom is -0.320 e. The molecule has 110 valence electrons. The minimum absolute atomic E-state index is 0.118. The van der Waals surface area contributed by atoms with E-state index in [1.54, 1.807) is 11.8 Å². The summed E-state index contributed by atoms with van der Waals surface area (Å²) in [6.07, 6.45) is 0.672. The van der Waals surface area contributed by atoms with Crippen LogP contribution in [-0.4, -0.2) is 40.1 Å². The van der Waals surface area contributed by atoms with Gasteiger partial charge in [-0.15, -0.1) is 0 Å². The van der Waals surface area contributed by atoms with E-state index in [1.165, 1.54) is 7.05 Å². The number of carbonyl (C=O) groups is 3. The number of amides is 3. The Morgan fingerprint density at radius 1 is 1.19 bits per heavy atom. The van der Waals surface area contributed by atoms with Gasteiger partial charge in [0.1, 0.15) is 5.54 Å². The van der Waals surface area contributed by atoms with Crippen LogP contribution in [0.4, 0.5) is 0 Å². The molecule has 0 spiro atoms. The van der Waals surface area contributed by atoms with Crippen LogP contribution in [0.2, 0.25) is 0 Å². The van der Waals surface area contributed by atoms with Crippen molar-refractivity contribution in [2.45, 2.75) is 38.8 Å². The zero-order chi connectivity index (χ0) is 15.4. The molecule has 0 aliphatic carbocycles. The molecule has 2 aliphatic rings. The van der Waals surface area contributed by atoms with Gasteiger partial charge in [0.05, 0.1) is 0 Å². The summed E-state index contributed by atoms with van der Waals surface area (Å²) in [6.45, 7) is 4.13. The summed E-state index contributed by atoms with van der Waals surface area (Å²) >= 11 is 0. The molecule has 2 heterocycles. The van der Waals surface area contributed by atoms with Crippen molar-refractivity contribution in [1.82, 2.24) is 9.80 Å². The number of nitrogens with zero attached hydrogens (tertiary/aromatic N) is 2. The van der Waals surface area contributed by atoms with Gasteiger partial charge in [0.15, 0.2) is 0 Å². The number of likely N-dealkylation sites (N-methyl/N-ethyl adjacent to an activating group) is 1. The molecular weight excluding hydrogens is 268 g/mol. The monoisotopic (exact) mass is 286 g/mol. The fourth-order valence-corrected chi connectivity index (χ4v) is 3.16. The van der Waals surface area contributed by atoms with Crippen LogP contribution in [0.15, 0.2) is 18.2 Å². The molecule has 1 atom stereocenters. The van der Waals surface area contributed by atoms with Crippen LogP contribution in [0, 0.1) is 6.92 Å². The number of rotatable bonds is 1. The predicted octanol–water partition coefficient (Wildman–Crippen LogP) is 1.49. The number of hydrogen-bond acceptors (Lipinski definition) is 3. The van der Waals surface area contributed by atoms with Gasteiger partial charge in [-0.1, -0.05) is 17.7 Å². The van der Waals surface area contributed by atoms with Gasteiger partial charge in [-0.2, -0.15) is 0 Å². The van der Waals surface area contributed by atoms with Crippen LogP contribution in [0.3, 0.4) is 0 Å². The molecule has 1 saturated heterocycles. The van der Waals surface area contributed by atoms with Crippen LogP contribution in [0.25, 0.3) is 0 Å². The minimum atomic E-state index is -0.938. The van der Waals surface area contributed by atoms with E-state index in [1.807, 2.05) is 25.1 Å². The first-order valence-electron chi connectivity index (χ1n) is 7.07. The Kier molecular flexibility index (Phi) is 2.90. The standard InChI is InChI=1S/C16H18N2O3/c1-10-4-5-11-9-18(14(20)12(11)8-10)16(2)7-6-13(19)17(3)15(16)21/h4-5,8H,6-7,9H2,1-3H3. The third kappa shape index (κ3) is 1.87. The molecule has 0 bridgehead atoms. The molecule has 5 nitrogen and oxygen atoms in total. The molecular formula is C16H18N2O3. The number of benzene rings is 1. The highest BCUT2D eigenvalue weighted by atomic mass is 16.2. The van der Waals surface area contributed by atoms with Crippen molar-refractivity contribution in [2.24, 2.45) is 0 Å². The van der Waals surface area contributed by atoms with Crippen LogP contribution in [-0.2, 0) is 16.1 Å². The maximum atomic E-state index is 12.7. The summed E-state index contributed by atoms with van der Waals surface area (Å²) in [5.74, 6) is -0.596. The van der Waals surface area contributed by atoms with Gasteiger partial charge in [-0.3, -0.25) is 19.3 Å². The van der Waals surface area contributed by atoms with Crippen LogP contribution < -0.4 is 0 Å². The second-order valence-corrected chi connectivity index (χ2v) is 6.08. The van der Waals surface area contributed by atoms with E-state index in [0.29, 0.717) is 18.5 Å². The normalized spacial score (nSPS) is 25.6. The van der Waals surface area contributed by atoms with Crippen molar-refractivity contribution in [3.63, 3.8) is 0 Å². The molecule has 0 N–H and O–H groups in total. The quantitative estimate of drug-likeness (QED) is 0.735. The molecule has 2 aliphatic heterocycles. The fourth-order valence-electron chi connectivity index (χ4n) is 3.16. The molecule has 1 unspecified atom stereocenters. The van der Waals surface area contributed by atoms with Gasteiger partial charge < -0.3 is 4.90 Å². The summed E-state index contributed by atoms with van der Waals surface area (Å²) in [5.41, 5.74) is 1.70. The lowest BCUT2D eigenvalue weighted by Gasteiger charge is -2.42. The van der Waals surface area contributed by atoms with Gasteiger partial charge in [0.2, 0.25) is 5.91 Å². The van der Waals surface area contributed by atoms with Crippen molar-refractivity contribution < 1.29 is 14.4 Å². The first kappa shape index (κ1) is 13.8. The highest BCUT2D eigenvalue weighted by Crippen LogP contribution is 2.35. The molecule has 3 amide bonds. The summed E-state index contributed by atoms with van der Waals surface area (Å²) in [5, 5.41) is 0. The predicted molar refractivity (Wildman–Crippen MR) is 76.5 cm³/mol. The third-order valence-corrected chi connectivity index (χ3v) is 4.63. The summed E-state index contributed by atoms with van der Waals surface area (Å²) in [7, 11) is 1.49. The van der Waals surface area contributed by atoms with Crippen molar-refractivity contribution in [1.29, 1.82) is 0 Å². The van der Waals surface area contributed by atoms with Crippen LogP contribution >= 0.6 is 0 Å². The molecule has 3 rings (SSSR count). The van der Waals surface area contributed by atoms with E-state index in [4.69, 9.17) is 0 Å². The lowest BCUT2D eigenvalue weighted by atomic mass is 9.88. The smallest absolute Gasteiger partial charge is 0.255 e. The first-order chi connectivity index (χ1) is 9.84. The van der Waals surface area contributed by atoms with Crippen molar-refractivity contribution in [2.75, 3.05) is 7.05 Å². The highest BCUT2D eigenvalue weighted by molar-refractivity contribution is 6.07. The van der Waals surface area contributed by atoms with Crippen molar-refractivity contribution in [3.05, 3.63) is 34.9 Å². The number of aryl methyl sites for hydroxylation is 1. The van der Waals surface area contributed by atoms with Crippen molar-refractivity contribution >= 4 is 17.7 Å². The Hall–Kier alpha value is -2.17. The third-order valence-electron chi connectivity index (χ3n) is 4.63. The highest BCUT2D eigenvalue weighted by Gasteiger charge is 2.50. The Labute approximate surface area is 123 Å². The largest absolute Gasteiger partial charge is 0.320 e. The molecule has 1 aromatic rings. The summed E-state index contributed by atoms with van der Waals surface area (Å²) in [6, 6.07) is 5.77. The first-order valence-corrected chi connectivity index (χ1v) is 7.07. The second kappa shape index (κ2) is 4.41. The maximum absolute atomic E-state index is 12.7. The number of hydrogen-bond donors (Lipinski definition) is 0. The average molecular weight is 286 g/mol. The van der Waals surface area contributed by atoms with Crippen molar-refractivity contribution in [3.8, 4) is 0 Å². The van der Waals surface area contributed by atoms with E-state index >= 15 is 0 Å². The van der Waals surface area contributed by atoms with Crippen LogP contribution in [0.1, 0.15) is 41.3 Å². The van der Waals surface area contributed by atoms with E-state index in [0.717, 1.165) is 16.0 Å². The molecule has 0 saturated carbocycles. The van der Waals surface area contributed by atoms with Gasteiger partial charge in [0.25, 0.3) is 11.8 Å². The van der Waals surface area contributed by atoms with Gasteiger partial charge >= 0.3 is 0 Å². The molecule has 5 heteroatoms. The van der Waals surface area contributed by atoms with Crippen LogP contribution in [0.5, 0.6) is 0 Å². The topological polar surface area (TPSA) is 57.7 Å². The Bertz CT molecular complexity index is 667. The van der Waals surface area contributed by atoms with Gasteiger partial charge in [-0.25, -0.2) is 0 Å². The zero-order valence-corrected chi connectivity index (χ0v) is 12.5. The Morgan fingerprint density at radius 3 is 2.62 bits per heavy atom. The zero-order valence-electron chi connectivity index (χ0n) is 12.5. The number of imide groups is 1. The molecule has 0 radical (unpaired) electrons. The molecule has 0 aromatic heterocycles. The lowest BCUT2D eigenvalue weighted by Crippen LogP contribution is -2.61. The molecule has 1 aromatic carbocycles. The maximum Gasteiger partial charge on any atom is 0.255 e. The van der Waals surface area contributed by atoms with E-state index in [2.05, 4.69) is 0 Å². The SMILES string of the molecule is Cc1ccc2c(c1)C(=O)N(C1(C)CCC(=O)N(C)C1=O)C2. The Balaban J connectivity index is 1.97. The second-order valence-electron chi connectivity index (χ2n) is 6.08. The van der Waals surface area contributed by atoms with Gasteiger partial charge in [-0.05, 0) is 31.9 Å². The fraction of sp³-hybridized carbons (Fsp3) is 0.438. The molecule has 21 heavy (non-hydrogen) atoms. The number of likely N-dealkylation sites (tertiary alicyclic amines) is 1. The van der Waals surface area contributed by atoms with E-state index in [9.17, 15) is 14.4 Å². The van der Waals surface area contributed by atoms with Gasteiger partial charge in [0, 0.05) is 25.6 Å². The lowest BCUT2D eigenvalue weighted by molar-refractivity contribution is -0.155.